The fraction of sp³-hybridized carbons (Fsp3) is 0.571. The molecule has 0 spiro atoms. The summed E-state index contributed by atoms with van der Waals surface area (Å²) in [4.78, 5) is 0.0304. The van der Waals surface area contributed by atoms with E-state index in [1.165, 1.54) is 12.1 Å². The monoisotopic (exact) mass is 300 g/mol. The molecule has 1 aromatic carbocycles. The van der Waals surface area contributed by atoms with E-state index in [9.17, 15) is 12.8 Å². The van der Waals surface area contributed by atoms with Crippen molar-refractivity contribution >= 4 is 10.0 Å². The minimum Gasteiger partial charge on any atom is -0.317 e. The zero-order chi connectivity index (χ0) is 14.6. The Kier molecular flexibility index (Phi) is 5.12. The smallest absolute Gasteiger partial charge is 0.240 e. The number of piperidine rings is 1. The molecular weight excluding hydrogens is 279 g/mol. The lowest BCUT2D eigenvalue weighted by atomic mass is 9.95. The highest BCUT2D eigenvalue weighted by molar-refractivity contribution is 7.89. The van der Waals surface area contributed by atoms with Gasteiger partial charge < -0.3 is 5.32 Å². The number of benzene rings is 1. The maximum Gasteiger partial charge on any atom is 0.240 e. The molecule has 0 saturated carbocycles. The Morgan fingerprint density at radius 3 is 2.75 bits per heavy atom. The van der Waals surface area contributed by atoms with Crippen molar-refractivity contribution in [3.05, 3.63) is 29.6 Å². The third-order valence-corrected chi connectivity index (χ3v) is 5.35. The van der Waals surface area contributed by atoms with Crippen LogP contribution in [-0.2, 0) is 10.0 Å². The van der Waals surface area contributed by atoms with E-state index in [0.717, 1.165) is 38.4 Å². The summed E-state index contributed by atoms with van der Waals surface area (Å²) in [7, 11) is -3.62. The maximum atomic E-state index is 13.2. The van der Waals surface area contributed by atoms with Crippen LogP contribution in [0.3, 0.4) is 0 Å². The second kappa shape index (κ2) is 6.65. The Labute approximate surface area is 119 Å². The number of aryl methyl sites for hydroxylation is 1. The summed E-state index contributed by atoms with van der Waals surface area (Å²) in [6, 6.07) is 3.82. The van der Waals surface area contributed by atoms with Gasteiger partial charge in [0.15, 0.2) is 0 Å². The molecule has 2 rings (SSSR count). The molecule has 0 amide bonds. The van der Waals surface area contributed by atoms with E-state index in [0.29, 0.717) is 18.0 Å². The van der Waals surface area contributed by atoms with Gasteiger partial charge in [-0.05, 0) is 62.9 Å². The first-order valence-electron chi connectivity index (χ1n) is 6.95. The first kappa shape index (κ1) is 15.4. The lowest BCUT2D eigenvalue weighted by Crippen LogP contribution is -2.31. The fourth-order valence-electron chi connectivity index (χ4n) is 2.51. The molecule has 2 N–H and O–H groups in total. The predicted octanol–water partition coefficient (Wildman–Crippen LogP) is 1.80. The molecule has 1 heterocycles. The number of halogens is 1. The van der Waals surface area contributed by atoms with Gasteiger partial charge >= 0.3 is 0 Å². The van der Waals surface area contributed by atoms with E-state index >= 15 is 0 Å². The first-order chi connectivity index (χ1) is 9.49. The first-order valence-corrected chi connectivity index (χ1v) is 8.44. The average Bonchev–Trinajstić information content (AvgIpc) is 2.42. The van der Waals surface area contributed by atoms with Crippen LogP contribution in [0.1, 0.15) is 24.8 Å². The number of hydrogen-bond donors (Lipinski definition) is 2. The van der Waals surface area contributed by atoms with E-state index in [2.05, 4.69) is 10.0 Å². The molecule has 0 radical (unpaired) electrons. The van der Waals surface area contributed by atoms with Crippen molar-refractivity contribution in [1.82, 2.24) is 10.0 Å². The molecule has 112 valence electrons. The molecule has 0 aromatic heterocycles. The van der Waals surface area contributed by atoms with Crippen LogP contribution in [0.2, 0.25) is 0 Å². The molecular formula is C14H21FN2O2S. The van der Waals surface area contributed by atoms with Crippen molar-refractivity contribution in [3.63, 3.8) is 0 Å². The van der Waals surface area contributed by atoms with Gasteiger partial charge in [0, 0.05) is 6.54 Å². The van der Waals surface area contributed by atoms with Crippen LogP contribution in [0.5, 0.6) is 0 Å². The second-order valence-electron chi connectivity index (χ2n) is 5.29. The van der Waals surface area contributed by atoms with Crippen molar-refractivity contribution in [2.75, 3.05) is 19.6 Å². The molecule has 1 aromatic rings. The molecule has 1 saturated heterocycles. The summed E-state index contributed by atoms with van der Waals surface area (Å²) in [6.45, 7) is 4.07. The highest BCUT2D eigenvalue weighted by atomic mass is 32.2. The van der Waals surface area contributed by atoms with Crippen LogP contribution in [0, 0.1) is 18.7 Å². The van der Waals surface area contributed by atoms with Crippen molar-refractivity contribution in [2.24, 2.45) is 5.92 Å². The Morgan fingerprint density at radius 2 is 2.05 bits per heavy atom. The Hall–Kier alpha value is -0.980. The molecule has 1 fully saturated rings. The van der Waals surface area contributed by atoms with Crippen LogP contribution in [-0.4, -0.2) is 28.1 Å². The zero-order valence-electron chi connectivity index (χ0n) is 11.7. The lowest BCUT2D eigenvalue weighted by molar-refractivity contribution is 0.354. The number of hydrogen-bond acceptors (Lipinski definition) is 3. The lowest BCUT2D eigenvalue weighted by Gasteiger charge is -2.22. The van der Waals surface area contributed by atoms with Crippen molar-refractivity contribution < 1.29 is 12.8 Å². The van der Waals surface area contributed by atoms with Gasteiger partial charge in [0.2, 0.25) is 10.0 Å². The van der Waals surface area contributed by atoms with E-state index in [4.69, 9.17) is 0 Å². The zero-order valence-corrected chi connectivity index (χ0v) is 12.5. The van der Waals surface area contributed by atoms with Gasteiger partial charge in [0.25, 0.3) is 0 Å². The van der Waals surface area contributed by atoms with Crippen LogP contribution in [0.25, 0.3) is 0 Å². The normalized spacial score (nSPS) is 17.3. The molecule has 20 heavy (non-hydrogen) atoms. The molecule has 1 aliphatic rings. The number of nitrogens with one attached hydrogen (secondary N) is 2. The molecule has 6 heteroatoms. The largest absolute Gasteiger partial charge is 0.317 e. The van der Waals surface area contributed by atoms with Gasteiger partial charge in [-0.3, -0.25) is 0 Å². The quantitative estimate of drug-likeness (QED) is 0.872. The van der Waals surface area contributed by atoms with Gasteiger partial charge in [-0.2, -0.15) is 0 Å². The van der Waals surface area contributed by atoms with Crippen LogP contribution >= 0.6 is 0 Å². The summed E-state index contributed by atoms with van der Waals surface area (Å²) in [5.74, 6) is 0.0295. The van der Waals surface area contributed by atoms with Crippen LogP contribution < -0.4 is 10.0 Å². The molecule has 1 aliphatic heterocycles. The minimum atomic E-state index is -3.62. The van der Waals surface area contributed by atoms with Gasteiger partial charge in [-0.15, -0.1) is 0 Å². The molecule has 0 atom stereocenters. The van der Waals surface area contributed by atoms with Crippen molar-refractivity contribution in [2.45, 2.75) is 31.1 Å². The molecule has 0 unspecified atom stereocenters. The Balaban J connectivity index is 1.95. The topological polar surface area (TPSA) is 58.2 Å². The fourth-order valence-corrected chi connectivity index (χ4v) is 3.81. The summed E-state index contributed by atoms with van der Waals surface area (Å²) in [6.07, 6.45) is 3.00. The van der Waals surface area contributed by atoms with Gasteiger partial charge in [0.1, 0.15) is 5.82 Å². The third-order valence-electron chi connectivity index (χ3n) is 3.74. The average molecular weight is 300 g/mol. The number of rotatable bonds is 5. The van der Waals surface area contributed by atoms with Gasteiger partial charge in [-0.25, -0.2) is 17.5 Å². The van der Waals surface area contributed by atoms with Gasteiger partial charge in [0.05, 0.1) is 4.90 Å². The summed E-state index contributed by atoms with van der Waals surface area (Å²) >= 11 is 0. The van der Waals surface area contributed by atoms with Crippen molar-refractivity contribution in [3.8, 4) is 0 Å². The number of sulfonamides is 1. The molecule has 0 bridgehead atoms. The molecule has 4 nitrogen and oxygen atoms in total. The standard InChI is InChI=1S/C14H21FN2O2S/c1-11-2-3-13(15)10-14(11)20(18,19)17-9-6-12-4-7-16-8-5-12/h2-3,10,12,16-17H,4-9H2,1H3. The van der Waals surface area contributed by atoms with E-state index < -0.39 is 15.8 Å². The maximum absolute atomic E-state index is 13.2. The highest BCUT2D eigenvalue weighted by Crippen LogP contribution is 2.18. The summed E-state index contributed by atoms with van der Waals surface area (Å²) in [5.41, 5.74) is 0.556. The highest BCUT2D eigenvalue weighted by Gasteiger charge is 2.19. The van der Waals surface area contributed by atoms with Crippen LogP contribution in [0.15, 0.2) is 23.1 Å². The second-order valence-corrected chi connectivity index (χ2v) is 7.03. The van der Waals surface area contributed by atoms with Crippen molar-refractivity contribution in [1.29, 1.82) is 0 Å². The minimum absolute atomic E-state index is 0.0304. The Bertz CT molecular complexity index is 554. The van der Waals surface area contributed by atoms with Gasteiger partial charge in [-0.1, -0.05) is 6.07 Å². The van der Waals surface area contributed by atoms with E-state index in [1.54, 1.807) is 6.92 Å². The van der Waals surface area contributed by atoms with Crippen LogP contribution in [0.4, 0.5) is 4.39 Å². The molecule has 0 aliphatic carbocycles. The third kappa shape index (κ3) is 4.01. The van der Waals surface area contributed by atoms with E-state index in [-0.39, 0.29) is 4.90 Å². The Morgan fingerprint density at radius 1 is 1.35 bits per heavy atom. The summed E-state index contributed by atoms with van der Waals surface area (Å²) < 4.78 is 40.1. The van der Waals surface area contributed by atoms with E-state index in [1.807, 2.05) is 0 Å². The predicted molar refractivity (Wildman–Crippen MR) is 76.5 cm³/mol. The SMILES string of the molecule is Cc1ccc(F)cc1S(=O)(=O)NCCC1CCNCC1. The summed E-state index contributed by atoms with van der Waals surface area (Å²) in [5, 5.41) is 3.28.